The predicted molar refractivity (Wildman–Crippen MR) is 62.1 cm³/mol. The largest absolute Gasteiger partial charge is 0.350 e. The van der Waals surface area contributed by atoms with Crippen molar-refractivity contribution in [1.82, 2.24) is 0 Å². The van der Waals surface area contributed by atoms with Gasteiger partial charge in [0.25, 0.3) is 10.1 Å². The van der Waals surface area contributed by atoms with Crippen LogP contribution in [0.3, 0.4) is 0 Å². The van der Waals surface area contributed by atoms with Crippen molar-refractivity contribution < 1.29 is 26.8 Å². The van der Waals surface area contributed by atoms with Crippen molar-refractivity contribution in [1.29, 1.82) is 0 Å². The number of hydrogen-bond acceptors (Lipinski definition) is 7. The van der Waals surface area contributed by atoms with Crippen LogP contribution < -0.4 is 5.73 Å². The zero-order chi connectivity index (χ0) is 13.8. The van der Waals surface area contributed by atoms with Gasteiger partial charge in [0, 0.05) is 0 Å². The second-order valence-electron chi connectivity index (χ2n) is 5.35. The molecule has 18 heavy (non-hydrogen) atoms. The van der Waals surface area contributed by atoms with Crippen LogP contribution in [0.25, 0.3) is 0 Å². The SMILES string of the molecule is CC1(C)O[C@@H]2[C@H](COS(C)(=O)=O)OC(C)(N)[C@@H]2O1. The number of nitrogens with two attached hydrogens (primary N) is 1. The average molecular weight is 281 g/mol. The summed E-state index contributed by atoms with van der Waals surface area (Å²) in [4.78, 5) is 0. The highest BCUT2D eigenvalue weighted by molar-refractivity contribution is 7.85. The van der Waals surface area contributed by atoms with Gasteiger partial charge in [0.05, 0.1) is 12.9 Å². The highest BCUT2D eigenvalue weighted by Gasteiger charge is 2.59. The van der Waals surface area contributed by atoms with E-state index in [1.807, 2.05) is 0 Å². The van der Waals surface area contributed by atoms with Crippen LogP contribution in [0.1, 0.15) is 20.8 Å². The van der Waals surface area contributed by atoms with E-state index in [1.54, 1.807) is 20.8 Å². The highest BCUT2D eigenvalue weighted by atomic mass is 32.2. The Labute approximate surface area is 107 Å². The molecule has 0 amide bonds. The lowest BCUT2D eigenvalue weighted by Gasteiger charge is -2.27. The number of rotatable bonds is 3. The molecule has 2 aliphatic heterocycles. The summed E-state index contributed by atoms with van der Waals surface area (Å²) in [7, 11) is -3.52. The topological polar surface area (TPSA) is 97.1 Å². The molecule has 0 spiro atoms. The van der Waals surface area contributed by atoms with Crippen molar-refractivity contribution in [2.45, 2.75) is 50.6 Å². The minimum absolute atomic E-state index is 0.133. The van der Waals surface area contributed by atoms with Gasteiger partial charge in [0.15, 0.2) is 5.79 Å². The summed E-state index contributed by atoms with van der Waals surface area (Å²) in [5.74, 6) is -0.761. The molecule has 0 aromatic heterocycles. The normalized spacial score (nSPS) is 43.1. The molecule has 0 aliphatic carbocycles. The Hall–Kier alpha value is -0.250. The lowest BCUT2D eigenvalue weighted by atomic mass is 10.1. The van der Waals surface area contributed by atoms with Crippen molar-refractivity contribution in [3.05, 3.63) is 0 Å². The summed E-state index contributed by atoms with van der Waals surface area (Å²) >= 11 is 0. The summed E-state index contributed by atoms with van der Waals surface area (Å²) < 4.78 is 43.6. The molecule has 0 aromatic carbocycles. The van der Waals surface area contributed by atoms with Crippen molar-refractivity contribution in [2.75, 3.05) is 12.9 Å². The van der Waals surface area contributed by atoms with E-state index >= 15 is 0 Å². The Morgan fingerprint density at radius 2 is 1.83 bits per heavy atom. The molecule has 0 radical (unpaired) electrons. The summed E-state index contributed by atoms with van der Waals surface area (Å²) in [5.41, 5.74) is 4.96. The lowest BCUT2D eigenvalue weighted by Crippen LogP contribution is -2.48. The first kappa shape index (κ1) is 14.2. The van der Waals surface area contributed by atoms with E-state index in [0.717, 1.165) is 6.26 Å². The van der Waals surface area contributed by atoms with Gasteiger partial charge in [-0.25, -0.2) is 0 Å². The molecule has 0 aromatic rings. The summed E-state index contributed by atoms with van der Waals surface area (Å²) in [6.45, 7) is 5.09. The fraction of sp³-hybridized carbons (Fsp3) is 1.00. The third-order valence-corrected chi connectivity index (χ3v) is 3.48. The smallest absolute Gasteiger partial charge is 0.264 e. The molecular formula is C10H19NO6S. The molecule has 7 nitrogen and oxygen atoms in total. The fourth-order valence-electron chi connectivity index (χ4n) is 2.28. The van der Waals surface area contributed by atoms with Crippen LogP contribution in [0, 0.1) is 0 Å². The molecule has 2 rings (SSSR count). The second kappa shape index (κ2) is 4.12. The molecule has 2 N–H and O–H groups in total. The van der Waals surface area contributed by atoms with Crippen LogP contribution >= 0.6 is 0 Å². The van der Waals surface area contributed by atoms with Gasteiger partial charge in [0.2, 0.25) is 0 Å². The Morgan fingerprint density at radius 1 is 1.22 bits per heavy atom. The molecular weight excluding hydrogens is 262 g/mol. The van der Waals surface area contributed by atoms with Crippen molar-refractivity contribution in [3.8, 4) is 0 Å². The van der Waals surface area contributed by atoms with Crippen molar-refractivity contribution in [3.63, 3.8) is 0 Å². The van der Waals surface area contributed by atoms with Crippen LogP contribution in [0.2, 0.25) is 0 Å². The maximum Gasteiger partial charge on any atom is 0.264 e. The maximum absolute atomic E-state index is 11.0. The minimum atomic E-state index is -3.52. The molecule has 2 aliphatic rings. The Balaban J connectivity index is 2.10. The van der Waals surface area contributed by atoms with Gasteiger partial charge in [0.1, 0.15) is 24.0 Å². The van der Waals surface area contributed by atoms with Crippen molar-refractivity contribution >= 4 is 10.1 Å². The Bertz CT molecular complexity index is 432. The molecule has 2 heterocycles. The Kier molecular flexibility index (Phi) is 3.24. The van der Waals surface area contributed by atoms with E-state index in [0.29, 0.717) is 0 Å². The lowest BCUT2D eigenvalue weighted by molar-refractivity contribution is -0.207. The van der Waals surface area contributed by atoms with Crippen LogP contribution in [0.15, 0.2) is 0 Å². The van der Waals surface area contributed by atoms with E-state index in [1.165, 1.54) is 0 Å². The standard InChI is InChI=1S/C10H19NO6S/c1-9(2)16-7-6(5-14-18(4,12)13)15-10(3,11)8(7)17-9/h6-8H,5,11H2,1-4H3/t6-,7+,8+,10?/m0/s1. The Morgan fingerprint density at radius 3 is 2.39 bits per heavy atom. The van der Waals surface area contributed by atoms with E-state index in [2.05, 4.69) is 0 Å². The highest BCUT2D eigenvalue weighted by Crippen LogP contribution is 2.41. The van der Waals surface area contributed by atoms with E-state index in [9.17, 15) is 8.42 Å². The zero-order valence-corrected chi connectivity index (χ0v) is 11.7. The molecule has 1 unspecified atom stereocenters. The fourth-order valence-corrected chi connectivity index (χ4v) is 2.67. The van der Waals surface area contributed by atoms with Gasteiger partial charge in [-0.2, -0.15) is 8.42 Å². The summed E-state index contributed by atoms with van der Waals surface area (Å²) in [5, 5.41) is 0. The summed E-state index contributed by atoms with van der Waals surface area (Å²) in [6, 6.07) is 0. The number of ether oxygens (including phenoxy) is 3. The predicted octanol–water partition coefficient (Wildman–Crippen LogP) is -0.444. The van der Waals surface area contributed by atoms with Gasteiger partial charge in [-0.15, -0.1) is 0 Å². The first-order valence-electron chi connectivity index (χ1n) is 5.67. The van der Waals surface area contributed by atoms with E-state index in [-0.39, 0.29) is 6.61 Å². The molecule has 4 atom stereocenters. The third-order valence-electron chi connectivity index (χ3n) is 2.91. The molecule has 2 fully saturated rings. The number of hydrogen-bond donors (Lipinski definition) is 1. The van der Waals surface area contributed by atoms with Crippen LogP contribution in [-0.2, 0) is 28.5 Å². The molecule has 0 saturated carbocycles. The molecule has 8 heteroatoms. The van der Waals surface area contributed by atoms with Gasteiger partial charge in [-0.1, -0.05) is 0 Å². The van der Waals surface area contributed by atoms with Crippen LogP contribution in [-0.4, -0.2) is 51.1 Å². The van der Waals surface area contributed by atoms with Gasteiger partial charge < -0.3 is 19.9 Å². The van der Waals surface area contributed by atoms with Crippen molar-refractivity contribution in [2.24, 2.45) is 5.73 Å². The minimum Gasteiger partial charge on any atom is -0.350 e. The number of fused-ring (bicyclic) bond motifs is 1. The van der Waals surface area contributed by atoms with E-state index in [4.69, 9.17) is 24.1 Å². The van der Waals surface area contributed by atoms with Gasteiger partial charge in [-0.05, 0) is 20.8 Å². The average Bonchev–Trinajstić information content (AvgIpc) is 2.57. The quantitative estimate of drug-likeness (QED) is 0.700. The van der Waals surface area contributed by atoms with Gasteiger partial charge >= 0.3 is 0 Å². The second-order valence-corrected chi connectivity index (χ2v) is 6.99. The van der Waals surface area contributed by atoms with Crippen LogP contribution in [0.5, 0.6) is 0 Å². The molecule has 0 bridgehead atoms. The molecule has 106 valence electrons. The maximum atomic E-state index is 11.0. The first-order chi connectivity index (χ1) is 8.00. The first-order valence-corrected chi connectivity index (χ1v) is 7.49. The van der Waals surface area contributed by atoms with Gasteiger partial charge in [-0.3, -0.25) is 4.18 Å². The zero-order valence-electron chi connectivity index (χ0n) is 10.9. The third kappa shape index (κ3) is 2.84. The van der Waals surface area contributed by atoms with Crippen LogP contribution in [0.4, 0.5) is 0 Å². The van der Waals surface area contributed by atoms with E-state index < -0.39 is 39.9 Å². The summed E-state index contributed by atoms with van der Waals surface area (Å²) in [6.07, 6.45) is -0.462. The molecule has 2 saturated heterocycles. The monoisotopic (exact) mass is 281 g/mol.